The summed E-state index contributed by atoms with van der Waals surface area (Å²) in [6.45, 7) is 1.67. The van der Waals surface area contributed by atoms with Gasteiger partial charge in [-0.25, -0.2) is 0 Å². The van der Waals surface area contributed by atoms with Crippen LogP contribution in [0.2, 0.25) is 5.02 Å². The summed E-state index contributed by atoms with van der Waals surface area (Å²) in [4.78, 5) is 32.3. The summed E-state index contributed by atoms with van der Waals surface area (Å²) < 4.78 is 5.65. The van der Waals surface area contributed by atoms with Gasteiger partial charge in [0.15, 0.2) is 11.7 Å². The van der Waals surface area contributed by atoms with Crippen molar-refractivity contribution in [3.63, 3.8) is 0 Å². The second kappa shape index (κ2) is 8.04. The first-order valence-electron chi connectivity index (χ1n) is 9.08. The van der Waals surface area contributed by atoms with Crippen LogP contribution < -0.4 is 4.74 Å². The van der Waals surface area contributed by atoms with Crippen LogP contribution in [-0.2, 0) is 16.2 Å². The number of nitrogens with one attached hydrogen (secondary N) is 1. The zero-order valence-electron chi connectivity index (χ0n) is 16.2. The maximum atomic E-state index is 12.3. The summed E-state index contributed by atoms with van der Waals surface area (Å²) in [7, 11) is 0. The average Bonchev–Trinajstić information content (AvgIpc) is 3.11. The summed E-state index contributed by atoms with van der Waals surface area (Å²) in [6, 6.07) is 11.1. The SMILES string of the molecule is CC1=CC2=NC(=O)/C(=C\c3ccc(OCc4ccccc4[N+](=O)[O-])c(Cl)c3)C(=N)N2O1. The Morgan fingerprint density at radius 3 is 2.84 bits per heavy atom. The van der Waals surface area contributed by atoms with E-state index in [1.165, 1.54) is 17.2 Å². The standard InChI is InChI=1S/C21H15ClN4O5/c1-12-8-19-24-21(27)15(20(23)25(19)31-12)9-13-6-7-18(16(22)10-13)30-11-14-4-2-3-5-17(14)26(28)29/h2-10,23H,11H2,1H3/b15-9-,23-20?. The van der Waals surface area contributed by atoms with Crippen LogP contribution in [0.1, 0.15) is 18.1 Å². The Hall–Kier alpha value is -3.98. The number of nitro groups is 1. The molecule has 0 saturated carbocycles. The molecule has 10 heteroatoms. The van der Waals surface area contributed by atoms with Crippen LogP contribution in [-0.4, -0.2) is 27.6 Å². The third kappa shape index (κ3) is 4.03. The van der Waals surface area contributed by atoms with E-state index in [1.807, 2.05) is 0 Å². The van der Waals surface area contributed by atoms with Crippen LogP contribution >= 0.6 is 11.6 Å². The minimum Gasteiger partial charge on any atom is -0.487 e. The van der Waals surface area contributed by atoms with Crippen LogP contribution in [0.15, 0.2) is 64.9 Å². The Balaban J connectivity index is 1.53. The molecule has 2 aliphatic rings. The predicted octanol–water partition coefficient (Wildman–Crippen LogP) is 4.28. The van der Waals surface area contributed by atoms with Gasteiger partial charge >= 0.3 is 0 Å². The molecule has 2 aliphatic heterocycles. The molecule has 156 valence electrons. The van der Waals surface area contributed by atoms with E-state index < -0.39 is 10.8 Å². The highest BCUT2D eigenvalue weighted by Gasteiger charge is 2.34. The summed E-state index contributed by atoms with van der Waals surface area (Å²) in [5.74, 6) is 0.437. The lowest BCUT2D eigenvalue weighted by atomic mass is 10.1. The van der Waals surface area contributed by atoms with Crippen LogP contribution in [0.5, 0.6) is 5.75 Å². The number of carbonyl (C=O) groups is 1. The van der Waals surface area contributed by atoms with Crippen molar-refractivity contribution in [2.45, 2.75) is 13.5 Å². The Labute approximate surface area is 181 Å². The molecule has 0 unspecified atom stereocenters. The largest absolute Gasteiger partial charge is 0.487 e. The van der Waals surface area contributed by atoms with Gasteiger partial charge in [-0.2, -0.15) is 4.99 Å². The third-order valence-corrected chi connectivity index (χ3v) is 4.81. The van der Waals surface area contributed by atoms with Crippen molar-refractivity contribution in [2.24, 2.45) is 4.99 Å². The van der Waals surface area contributed by atoms with Gasteiger partial charge in [-0.15, -0.1) is 5.06 Å². The Bertz CT molecular complexity index is 1220. The van der Waals surface area contributed by atoms with Crippen molar-refractivity contribution < 1.29 is 19.3 Å². The molecule has 1 amide bonds. The topological polar surface area (TPSA) is 118 Å². The number of halogens is 1. The maximum Gasteiger partial charge on any atom is 0.282 e. The molecule has 1 N–H and O–H groups in total. The first-order valence-corrected chi connectivity index (χ1v) is 9.46. The van der Waals surface area contributed by atoms with Gasteiger partial charge in [0.1, 0.15) is 18.1 Å². The number of hydrogen-bond donors (Lipinski definition) is 1. The average molecular weight is 439 g/mol. The highest BCUT2D eigenvalue weighted by atomic mass is 35.5. The summed E-state index contributed by atoms with van der Waals surface area (Å²) in [5.41, 5.74) is 0.984. The number of ether oxygens (including phenoxy) is 1. The number of nitrogens with zero attached hydrogens (tertiary/aromatic N) is 3. The van der Waals surface area contributed by atoms with E-state index in [9.17, 15) is 14.9 Å². The number of amides is 1. The van der Waals surface area contributed by atoms with E-state index in [-0.39, 0.29) is 34.6 Å². The number of aliphatic imine (C=N–C) groups is 1. The van der Waals surface area contributed by atoms with Crippen LogP contribution in [0.25, 0.3) is 6.08 Å². The minimum atomic E-state index is -0.557. The normalized spacial score (nSPS) is 16.6. The molecule has 0 bridgehead atoms. The minimum absolute atomic E-state index is 0.0312. The molecule has 0 atom stereocenters. The van der Waals surface area contributed by atoms with Crippen molar-refractivity contribution in [2.75, 3.05) is 0 Å². The fourth-order valence-electron chi connectivity index (χ4n) is 3.06. The molecule has 2 aromatic carbocycles. The van der Waals surface area contributed by atoms with E-state index in [0.29, 0.717) is 22.6 Å². The number of benzene rings is 2. The lowest BCUT2D eigenvalue weighted by Gasteiger charge is -2.23. The number of para-hydroxylation sites is 1. The number of rotatable bonds is 5. The summed E-state index contributed by atoms with van der Waals surface area (Å²) >= 11 is 6.30. The van der Waals surface area contributed by atoms with Gasteiger partial charge < -0.3 is 9.57 Å². The highest BCUT2D eigenvalue weighted by molar-refractivity contribution is 6.33. The second-order valence-corrected chi connectivity index (χ2v) is 7.09. The fourth-order valence-corrected chi connectivity index (χ4v) is 3.30. The first kappa shape index (κ1) is 20.3. The molecule has 0 spiro atoms. The van der Waals surface area contributed by atoms with Crippen molar-refractivity contribution in [1.82, 2.24) is 5.06 Å². The van der Waals surface area contributed by atoms with E-state index >= 15 is 0 Å². The van der Waals surface area contributed by atoms with E-state index in [0.717, 1.165) is 0 Å². The van der Waals surface area contributed by atoms with Crippen molar-refractivity contribution in [1.29, 1.82) is 5.41 Å². The predicted molar refractivity (Wildman–Crippen MR) is 114 cm³/mol. The molecule has 2 heterocycles. The summed E-state index contributed by atoms with van der Waals surface area (Å²) in [5, 5.41) is 20.8. The molecule has 9 nitrogen and oxygen atoms in total. The monoisotopic (exact) mass is 438 g/mol. The molecular weight excluding hydrogens is 424 g/mol. The Morgan fingerprint density at radius 1 is 1.32 bits per heavy atom. The first-order chi connectivity index (χ1) is 14.8. The van der Waals surface area contributed by atoms with E-state index in [4.69, 9.17) is 26.6 Å². The number of amidine groups is 2. The number of carbonyl (C=O) groups excluding carboxylic acids is 1. The second-order valence-electron chi connectivity index (χ2n) is 6.69. The quantitative estimate of drug-likeness (QED) is 0.423. The number of hydroxylamine groups is 2. The lowest BCUT2D eigenvalue weighted by Crippen LogP contribution is -2.38. The zero-order chi connectivity index (χ0) is 22.1. The summed E-state index contributed by atoms with van der Waals surface area (Å²) in [6.07, 6.45) is 3.06. The van der Waals surface area contributed by atoms with Gasteiger partial charge in [0.2, 0.25) is 0 Å². The molecule has 31 heavy (non-hydrogen) atoms. The Kier molecular flexibility index (Phi) is 5.26. The van der Waals surface area contributed by atoms with Gasteiger partial charge in [-0.3, -0.25) is 20.3 Å². The van der Waals surface area contributed by atoms with Crippen molar-refractivity contribution >= 4 is 40.9 Å². The molecule has 0 radical (unpaired) electrons. The molecule has 0 fully saturated rings. The van der Waals surface area contributed by atoms with E-state index in [1.54, 1.807) is 49.4 Å². The van der Waals surface area contributed by atoms with Crippen LogP contribution in [0.3, 0.4) is 0 Å². The molecule has 0 saturated heterocycles. The van der Waals surface area contributed by atoms with Crippen molar-refractivity contribution in [3.05, 3.63) is 86.1 Å². The van der Waals surface area contributed by atoms with Gasteiger partial charge in [-0.1, -0.05) is 29.8 Å². The molecule has 2 aromatic rings. The van der Waals surface area contributed by atoms with Crippen LogP contribution in [0.4, 0.5) is 5.69 Å². The smallest absolute Gasteiger partial charge is 0.282 e. The fraction of sp³-hybridized carbons (Fsp3) is 0.0952. The van der Waals surface area contributed by atoms with Crippen LogP contribution in [0, 0.1) is 15.5 Å². The number of nitro benzene ring substituents is 1. The van der Waals surface area contributed by atoms with Gasteiger partial charge in [0.05, 0.1) is 21.1 Å². The Morgan fingerprint density at radius 2 is 2.10 bits per heavy atom. The molecular formula is C21H15ClN4O5. The third-order valence-electron chi connectivity index (χ3n) is 4.52. The van der Waals surface area contributed by atoms with Gasteiger partial charge in [-0.05, 0) is 36.8 Å². The maximum absolute atomic E-state index is 12.3. The highest BCUT2D eigenvalue weighted by Crippen LogP contribution is 2.30. The number of allylic oxidation sites excluding steroid dienone is 1. The van der Waals surface area contributed by atoms with Gasteiger partial charge in [0, 0.05) is 12.1 Å². The number of fused-ring (bicyclic) bond motifs is 1. The lowest BCUT2D eigenvalue weighted by molar-refractivity contribution is -0.385. The number of hydrogen-bond acceptors (Lipinski definition) is 6. The van der Waals surface area contributed by atoms with Crippen molar-refractivity contribution in [3.8, 4) is 5.75 Å². The van der Waals surface area contributed by atoms with Gasteiger partial charge in [0.25, 0.3) is 11.6 Å². The molecule has 0 aliphatic carbocycles. The molecule has 0 aromatic heterocycles. The van der Waals surface area contributed by atoms with E-state index in [2.05, 4.69) is 4.99 Å². The zero-order valence-corrected chi connectivity index (χ0v) is 16.9. The molecule has 4 rings (SSSR count).